The van der Waals surface area contributed by atoms with E-state index in [2.05, 4.69) is 10.6 Å². The standard InChI is InChI=1S/C19H17N3O5S/c1-10(18(25)21-13-5-2-11(3-6-13)17(20)24)27-19(26)12-4-7-15-14(8-12)22-16(23)9-28-15/h2-8,10H,9H2,1H3,(H2,20,24)(H,21,25)(H,22,23)/t10-/m0/s1. The van der Waals surface area contributed by atoms with Gasteiger partial charge in [-0.05, 0) is 49.4 Å². The van der Waals surface area contributed by atoms with Crippen molar-refractivity contribution in [2.75, 3.05) is 16.4 Å². The molecule has 3 rings (SSSR count). The lowest BCUT2D eigenvalue weighted by atomic mass is 10.2. The van der Waals surface area contributed by atoms with Crippen molar-refractivity contribution < 1.29 is 23.9 Å². The first-order valence-electron chi connectivity index (χ1n) is 8.32. The fourth-order valence-electron chi connectivity index (χ4n) is 2.45. The van der Waals surface area contributed by atoms with Gasteiger partial charge in [-0.2, -0.15) is 0 Å². The lowest BCUT2D eigenvalue weighted by molar-refractivity contribution is -0.123. The van der Waals surface area contributed by atoms with E-state index < -0.39 is 23.9 Å². The lowest BCUT2D eigenvalue weighted by Crippen LogP contribution is -2.30. The molecule has 9 heteroatoms. The molecule has 1 aliphatic heterocycles. The highest BCUT2D eigenvalue weighted by atomic mass is 32.2. The second-order valence-electron chi connectivity index (χ2n) is 6.03. The number of hydrogen-bond acceptors (Lipinski definition) is 6. The van der Waals surface area contributed by atoms with Gasteiger partial charge in [-0.1, -0.05) is 0 Å². The summed E-state index contributed by atoms with van der Waals surface area (Å²) >= 11 is 1.38. The number of primary amides is 1. The first kappa shape index (κ1) is 19.4. The number of fused-ring (bicyclic) bond motifs is 1. The first-order chi connectivity index (χ1) is 13.3. The maximum atomic E-state index is 12.3. The molecule has 144 valence electrons. The highest BCUT2D eigenvalue weighted by molar-refractivity contribution is 8.00. The van der Waals surface area contributed by atoms with E-state index in [4.69, 9.17) is 10.5 Å². The number of nitrogens with two attached hydrogens (primary N) is 1. The smallest absolute Gasteiger partial charge is 0.338 e. The van der Waals surface area contributed by atoms with Crippen molar-refractivity contribution in [1.29, 1.82) is 0 Å². The Morgan fingerprint density at radius 2 is 1.82 bits per heavy atom. The summed E-state index contributed by atoms with van der Waals surface area (Å²) in [4.78, 5) is 48.0. The van der Waals surface area contributed by atoms with E-state index in [0.29, 0.717) is 22.7 Å². The summed E-state index contributed by atoms with van der Waals surface area (Å²) in [5.41, 5.74) is 6.69. The Hall–Kier alpha value is -3.33. The van der Waals surface area contributed by atoms with E-state index >= 15 is 0 Å². The van der Waals surface area contributed by atoms with Crippen LogP contribution in [0.5, 0.6) is 0 Å². The zero-order chi connectivity index (χ0) is 20.3. The van der Waals surface area contributed by atoms with Gasteiger partial charge in [0.05, 0.1) is 17.0 Å². The van der Waals surface area contributed by atoms with Crippen molar-refractivity contribution >= 4 is 46.8 Å². The summed E-state index contributed by atoms with van der Waals surface area (Å²) in [5.74, 6) is -1.59. The van der Waals surface area contributed by atoms with E-state index in [9.17, 15) is 19.2 Å². The van der Waals surface area contributed by atoms with Gasteiger partial charge in [-0.15, -0.1) is 11.8 Å². The molecule has 28 heavy (non-hydrogen) atoms. The van der Waals surface area contributed by atoms with Crippen molar-refractivity contribution in [2.24, 2.45) is 5.73 Å². The third-order valence-electron chi connectivity index (χ3n) is 3.94. The number of carbonyl (C=O) groups excluding carboxylic acids is 4. The van der Waals surface area contributed by atoms with Gasteiger partial charge in [0, 0.05) is 16.1 Å². The number of esters is 1. The molecule has 0 bridgehead atoms. The Morgan fingerprint density at radius 1 is 1.14 bits per heavy atom. The SMILES string of the molecule is C[C@H](OC(=O)c1ccc2c(c1)NC(=O)CS2)C(=O)Nc1ccc(C(N)=O)cc1. The van der Waals surface area contributed by atoms with Crippen molar-refractivity contribution in [2.45, 2.75) is 17.9 Å². The quantitative estimate of drug-likeness (QED) is 0.660. The Balaban J connectivity index is 1.62. The van der Waals surface area contributed by atoms with Crippen LogP contribution in [0.25, 0.3) is 0 Å². The van der Waals surface area contributed by atoms with Crippen LogP contribution in [0.3, 0.4) is 0 Å². The Labute approximate surface area is 164 Å². The van der Waals surface area contributed by atoms with Gasteiger partial charge in [0.1, 0.15) is 0 Å². The first-order valence-corrected chi connectivity index (χ1v) is 9.30. The van der Waals surface area contributed by atoms with Crippen LogP contribution in [-0.4, -0.2) is 35.5 Å². The Bertz CT molecular complexity index is 959. The molecule has 1 heterocycles. The molecule has 2 aromatic carbocycles. The summed E-state index contributed by atoms with van der Waals surface area (Å²) in [6.45, 7) is 1.45. The van der Waals surface area contributed by atoms with Crippen LogP contribution in [0.15, 0.2) is 47.4 Å². The maximum absolute atomic E-state index is 12.3. The number of benzene rings is 2. The van der Waals surface area contributed by atoms with Crippen LogP contribution in [0.4, 0.5) is 11.4 Å². The molecule has 0 aromatic heterocycles. The minimum Gasteiger partial charge on any atom is -0.449 e. The maximum Gasteiger partial charge on any atom is 0.338 e. The molecule has 0 unspecified atom stereocenters. The van der Waals surface area contributed by atoms with E-state index in [0.717, 1.165) is 4.90 Å². The number of ether oxygens (including phenoxy) is 1. The van der Waals surface area contributed by atoms with E-state index in [1.54, 1.807) is 12.1 Å². The third-order valence-corrected chi connectivity index (χ3v) is 5.01. The van der Waals surface area contributed by atoms with Crippen molar-refractivity contribution in [3.63, 3.8) is 0 Å². The molecule has 0 spiro atoms. The summed E-state index contributed by atoms with van der Waals surface area (Å²) in [5, 5.41) is 5.29. The molecule has 0 radical (unpaired) electrons. The van der Waals surface area contributed by atoms with Crippen molar-refractivity contribution in [3.05, 3.63) is 53.6 Å². The molecule has 0 aliphatic carbocycles. The van der Waals surface area contributed by atoms with Crippen molar-refractivity contribution in [1.82, 2.24) is 0 Å². The van der Waals surface area contributed by atoms with Gasteiger partial charge in [-0.3, -0.25) is 14.4 Å². The van der Waals surface area contributed by atoms with Gasteiger partial charge in [0.2, 0.25) is 11.8 Å². The number of thioether (sulfide) groups is 1. The largest absolute Gasteiger partial charge is 0.449 e. The average Bonchev–Trinajstić information content (AvgIpc) is 2.67. The molecular formula is C19H17N3O5S. The average molecular weight is 399 g/mol. The number of anilines is 2. The summed E-state index contributed by atoms with van der Waals surface area (Å²) in [6.07, 6.45) is -1.05. The minimum atomic E-state index is -1.05. The van der Waals surface area contributed by atoms with Crippen LogP contribution >= 0.6 is 11.8 Å². The number of nitrogens with one attached hydrogen (secondary N) is 2. The van der Waals surface area contributed by atoms with E-state index in [1.165, 1.54) is 49.0 Å². The van der Waals surface area contributed by atoms with Gasteiger partial charge >= 0.3 is 5.97 Å². The Kier molecular flexibility index (Phi) is 5.65. The van der Waals surface area contributed by atoms with Gasteiger partial charge < -0.3 is 21.1 Å². The summed E-state index contributed by atoms with van der Waals surface area (Å²) < 4.78 is 5.21. The number of rotatable bonds is 5. The van der Waals surface area contributed by atoms with Crippen LogP contribution < -0.4 is 16.4 Å². The molecule has 4 N–H and O–H groups in total. The van der Waals surface area contributed by atoms with Crippen LogP contribution in [0.2, 0.25) is 0 Å². The monoisotopic (exact) mass is 399 g/mol. The second-order valence-corrected chi connectivity index (χ2v) is 7.04. The predicted molar refractivity (Wildman–Crippen MR) is 104 cm³/mol. The number of hydrogen-bond donors (Lipinski definition) is 3. The molecule has 0 saturated carbocycles. The molecule has 3 amide bonds. The molecule has 1 atom stereocenters. The fraction of sp³-hybridized carbons (Fsp3) is 0.158. The van der Waals surface area contributed by atoms with Crippen molar-refractivity contribution in [3.8, 4) is 0 Å². The topological polar surface area (TPSA) is 128 Å². The highest BCUT2D eigenvalue weighted by Crippen LogP contribution is 2.32. The van der Waals surface area contributed by atoms with E-state index in [-0.39, 0.29) is 11.5 Å². The van der Waals surface area contributed by atoms with Crippen LogP contribution in [0, 0.1) is 0 Å². The molecule has 1 aliphatic rings. The fourth-order valence-corrected chi connectivity index (χ4v) is 3.24. The molecule has 2 aromatic rings. The number of amides is 3. The molecule has 8 nitrogen and oxygen atoms in total. The summed E-state index contributed by atoms with van der Waals surface area (Å²) in [7, 11) is 0. The Morgan fingerprint density at radius 3 is 2.50 bits per heavy atom. The molecular weight excluding hydrogens is 382 g/mol. The van der Waals surface area contributed by atoms with Gasteiger partial charge in [-0.25, -0.2) is 4.79 Å². The lowest BCUT2D eigenvalue weighted by Gasteiger charge is -2.17. The normalized spacial score (nSPS) is 13.7. The van der Waals surface area contributed by atoms with Crippen LogP contribution in [0.1, 0.15) is 27.6 Å². The van der Waals surface area contributed by atoms with Gasteiger partial charge in [0.25, 0.3) is 5.91 Å². The molecule has 0 fully saturated rings. The van der Waals surface area contributed by atoms with Gasteiger partial charge in [0.15, 0.2) is 6.10 Å². The van der Waals surface area contributed by atoms with Crippen LogP contribution in [-0.2, 0) is 14.3 Å². The third kappa shape index (κ3) is 4.49. The second kappa shape index (κ2) is 8.13. The zero-order valence-electron chi connectivity index (χ0n) is 14.9. The highest BCUT2D eigenvalue weighted by Gasteiger charge is 2.22. The molecule has 0 saturated heterocycles. The van der Waals surface area contributed by atoms with E-state index in [1.807, 2.05) is 0 Å². The summed E-state index contributed by atoms with van der Waals surface area (Å²) in [6, 6.07) is 10.8. The predicted octanol–water partition coefficient (Wildman–Crippen LogP) is 2.01. The zero-order valence-corrected chi connectivity index (χ0v) is 15.7. The number of carbonyl (C=O) groups is 4. The minimum absolute atomic E-state index is 0.141.